The Labute approximate surface area is 207 Å². The molecule has 3 rings (SSSR count). The van der Waals surface area contributed by atoms with Gasteiger partial charge in [-0.15, -0.1) is 0 Å². The summed E-state index contributed by atoms with van der Waals surface area (Å²) >= 11 is 6.08. The maximum absolute atomic E-state index is 12.6. The average Bonchev–Trinajstić information content (AvgIpc) is 2.87. The number of hydrogen-bond donors (Lipinski definition) is 2. The highest BCUT2D eigenvalue weighted by Crippen LogP contribution is 2.29. The molecule has 2 aromatic rings. The number of carbonyl (C=O) groups excluding carboxylic acids is 2. The second-order valence-corrected chi connectivity index (χ2v) is 9.43. The normalized spacial score (nSPS) is 14.6. The lowest BCUT2D eigenvalue weighted by atomic mass is 9.96. The van der Waals surface area contributed by atoms with Gasteiger partial charge < -0.3 is 20.7 Å². The molecule has 0 bridgehead atoms. The largest absolute Gasteiger partial charge is 0.496 e. The van der Waals surface area contributed by atoms with Gasteiger partial charge in [0, 0.05) is 24.6 Å². The number of nitrogen functional groups attached to an aromatic ring is 1. The zero-order valence-electron chi connectivity index (χ0n) is 20.0. The number of nitrogens with two attached hydrogens (primary N) is 1. The van der Waals surface area contributed by atoms with Gasteiger partial charge in [-0.3, -0.25) is 9.59 Å². The summed E-state index contributed by atoms with van der Waals surface area (Å²) < 4.78 is 5.28. The number of anilines is 1. The Morgan fingerprint density at radius 1 is 1.09 bits per heavy atom. The quantitative estimate of drug-likeness (QED) is 0.245. The van der Waals surface area contributed by atoms with Crippen LogP contribution in [0.3, 0.4) is 0 Å². The molecule has 0 aliphatic carbocycles. The summed E-state index contributed by atoms with van der Waals surface area (Å²) in [5.41, 5.74) is 7.42. The first-order chi connectivity index (χ1) is 16.5. The number of piperidine rings is 1. The van der Waals surface area contributed by atoms with E-state index in [1.54, 1.807) is 12.1 Å². The molecule has 0 saturated carbocycles. The minimum Gasteiger partial charge on any atom is -0.496 e. The van der Waals surface area contributed by atoms with E-state index in [2.05, 4.69) is 10.2 Å². The zero-order chi connectivity index (χ0) is 24.3. The molecule has 184 valence electrons. The number of amides is 1. The summed E-state index contributed by atoms with van der Waals surface area (Å²) in [7, 11) is 1.51. The van der Waals surface area contributed by atoms with Gasteiger partial charge in [0.1, 0.15) is 5.75 Å². The molecule has 34 heavy (non-hydrogen) atoms. The number of nitrogens with zero attached hydrogens (tertiary/aromatic N) is 1. The predicted octanol–water partition coefficient (Wildman–Crippen LogP) is 5.21. The fourth-order valence-electron chi connectivity index (χ4n) is 4.40. The van der Waals surface area contributed by atoms with Gasteiger partial charge in [0.25, 0.3) is 5.91 Å². The highest BCUT2D eigenvalue weighted by atomic mass is 35.5. The number of unbranched alkanes of at least 4 members (excludes halogenated alkanes) is 3. The second kappa shape index (κ2) is 13.4. The van der Waals surface area contributed by atoms with Crippen LogP contribution in [0.2, 0.25) is 5.02 Å². The molecule has 1 aliphatic heterocycles. The van der Waals surface area contributed by atoms with Crippen LogP contribution in [0.4, 0.5) is 5.69 Å². The molecule has 7 heteroatoms. The van der Waals surface area contributed by atoms with Crippen molar-refractivity contribution in [1.29, 1.82) is 0 Å². The number of methoxy groups -OCH3 is 1. The average molecular weight is 486 g/mol. The van der Waals surface area contributed by atoms with Crippen molar-refractivity contribution in [2.45, 2.75) is 44.9 Å². The van der Waals surface area contributed by atoms with E-state index in [0.717, 1.165) is 57.3 Å². The highest BCUT2D eigenvalue weighted by Gasteiger charge is 2.21. The van der Waals surface area contributed by atoms with Crippen LogP contribution in [0.1, 0.15) is 65.7 Å². The van der Waals surface area contributed by atoms with Crippen LogP contribution < -0.4 is 15.8 Å². The van der Waals surface area contributed by atoms with E-state index in [-0.39, 0.29) is 11.7 Å². The van der Waals surface area contributed by atoms with E-state index >= 15 is 0 Å². The minimum atomic E-state index is -0.188. The maximum atomic E-state index is 12.6. The van der Waals surface area contributed by atoms with Gasteiger partial charge in [-0.2, -0.15) is 0 Å². The zero-order valence-corrected chi connectivity index (χ0v) is 20.8. The number of ketones is 1. The summed E-state index contributed by atoms with van der Waals surface area (Å²) in [5, 5.41) is 3.38. The van der Waals surface area contributed by atoms with Crippen LogP contribution in [0.15, 0.2) is 42.5 Å². The van der Waals surface area contributed by atoms with Gasteiger partial charge in [0.05, 0.1) is 23.4 Å². The smallest absolute Gasteiger partial charge is 0.255 e. The van der Waals surface area contributed by atoms with Gasteiger partial charge in [0.2, 0.25) is 0 Å². The second-order valence-electron chi connectivity index (χ2n) is 9.02. The van der Waals surface area contributed by atoms with Gasteiger partial charge in [-0.1, -0.05) is 54.8 Å². The third-order valence-electron chi connectivity index (χ3n) is 6.55. The topological polar surface area (TPSA) is 84.7 Å². The Bertz CT molecular complexity index is 944. The molecule has 0 atom stereocenters. The van der Waals surface area contributed by atoms with Gasteiger partial charge in [0.15, 0.2) is 5.78 Å². The molecule has 1 fully saturated rings. The van der Waals surface area contributed by atoms with E-state index in [0.29, 0.717) is 40.9 Å². The molecule has 1 heterocycles. The van der Waals surface area contributed by atoms with Gasteiger partial charge in [-0.05, 0) is 57.3 Å². The van der Waals surface area contributed by atoms with E-state index in [9.17, 15) is 9.59 Å². The molecule has 0 radical (unpaired) electrons. The van der Waals surface area contributed by atoms with Crippen molar-refractivity contribution in [3.8, 4) is 5.75 Å². The van der Waals surface area contributed by atoms with Crippen molar-refractivity contribution in [1.82, 2.24) is 10.2 Å². The van der Waals surface area contributed by atoms with Crippen LogP contribution in [0.5, 0.6) is 5.75 Å². The number of carbonyl (C=O) groups is 2. The number of benzene rings is 2. The maximum Gasteiger partial charge on any atom is 0.255 e. The molecular formula is C27H36ClN3O3. The SMILES string of the molecule is COc1cc(N)c(Cl)cc1C(=O)NCC1CCN(CCCCCCC(=O)c2ccccc2)CC1. The van der Waals surface area contributed by atoms with Crippen molar-refractivity contribution in [3.63, 3.8) is 0 Å². The van der Waals surface area contributed by atoms with Crippen LogP contribution in [-0.2, 0) is 0 Å². The predicted molar refractivity (Wildman–Crippen MR) is 138 cm³/mol. The number of Topliss-reactive ketones (excluding diaryl/α,β-unsaturated/α-hetero) is 1. The van der Waals surface area contributed by atoms with E-state index in [4.69, 9.17) is 22.1 Å². The molecule has 0 aromatic heterocycles. The first kappa shape index (κ1) is 26.0. The van der Waals surface area contributed by atoms with Crippen molar-refractivity contribution in [3.05, 3.63) is 58.6 Å². The van der Waals surface area contributed by atoms with Crippen molar-refractivity contribution < 1.29 is 14.3 Å². The first-order valence-electron chi connectivity index (χ1n) is 12.2. The van der Waals surface area contributed by atoms with Gasteiger partial charge in [-0.25, -0.2) is 0 Å². The summed E-state index contributed by atoms with van der Waals surface area (Å²) in [4.78, 5) is 27.3. The molecule has 6 nitrogen and oxygen atoms in total. The fraction of sp³-hybridized carbons (Fsp3) is 0.481. The Hall–Kier alpha value is -2.57. The van der Waals surface area contributed by atoms with Crippen molar-refractivity contribution >= 4 is 29.0 Å². The highest BCUT2D eigenvalue weighted by molar-refractivity contribution is 6.33. The Kier molecular flexibility index (Phi) is 10.2. The summed E-state index contributed by atoms with van der Waals surface area (Å²) in [5.74, 6) is 0.956. The van der Waals surface area contributed by atoms with E-state index in [1.807, 2.05) is 30.3 Å². The number of nitrogens with one attached hydrogen (secondary N) is 1. The molecule has 0 spiro atoms. The standard InChI is InChI=1S/C27H36ClN3O3/c1-34-26-18-24(29)23(28)17-22(26)27(33)30-19-20-12-15-31(16-13-20)14-8-3-2-7-11-25(32)21-9-5-4-6-10-21/h4-6,9-10,17-18,20H,2-3,7-8,11-16,19,29H2,1H3,(H,30,33). The number of halogens is 1. The lowest BCUT2D eigenvalue weighted by Crippen LogP contribution is -2.39. The molecular weight excluding hydrogens is 450 g/mol. The van der Waals surface area contributed by atoms with E-state index in [1.165, 1.54) is 13.5 Å². The fourth-order valence-corrected chi connectivity index (χ4v) is 4.57. The summed E-state index contributed by atoms with van der Waals surface area (Å²) in [6.07, 6.45) is 7.16. The first-order valence-corrected chi connectivity index (χ1v) is 12.6. The number of rotatable bonds is 12. The lowest BCUT2D eigenvalue weighted by Gasteiger charge is -2.32. The lowest BCUT2D eigenvalue weighted by molar-refractivity contribution is 0.0931. The van der Waals surface area contributed by atoms with Crippen molar-refractivity contribution in [2.24, 2.45) is 5.92 Å². The third kappa shape index (κ3) is 7.74. The van der Waals surface area contributed by atoms with Crippen molar-refractivity contribution in [2.75, 3.05) is 39.0 Å². The van der Waals surface area contributed by atoms with Crippen LogP contribution in [-0.4, -0.2) is 49.9 Å². The summed E-state index contributed by atoms with van der Waals surface area (Å²) in [6.45, 7) is 3.87. The third-order valence-corrected chi connectivity index (χ3v) is 6.87. The van der Waals surface area contributed by atoms with Crippen LogP contribution >= 0.6 is 11.6 Å². The number of hydrogen-bond acceptors (Lipinski definition) is 5. The molecule has 1 aliphatic rings. The summed E-state index contributed by atoms with van der Waals surface area (Å²) in [6, 6.07) is 12.7. The van der Waals surface area contributed by atoms with Crippen LogP contribution in [0.25, 0.3) is 0 Å². The monoisotopic (exact) mass is 485 g/mol. The van der Waals surface area contributed by atoms with Gasteiger partial charge >= 0.3 is 0 Å². The molecule has 1 saturated heterocycles. The molecule has 2 aromatic carbocycles. The Morgan fingerprint density at radius 2 is 1.79 bits per heavy atom. The number of ether oxygens (including phenoxy) is 1. The van der Waals surface area contributed by atoms with Crippen LogP contribution in [0, 0.1) is 5.92 Å². The Balaban J connectivity index is 1.27. The number of likely N-dealkylation sites (tertiary alicyclic amines) is 1. The molecule has 3 N–H and O–H groups in total. The van der Waals surface area contributed by atoms with E-state index < -0.39 is 0 Å². The molecule has 1 amide bonds. The molecule has 0 unspecified atom stereocenters. The Morgan fingerprint density at radius 3 is 2.50 bits per heavy atom. The minimum absolute atomic E-state index is 0.188.